The van der Waals surface area contributed by atoms with Crippen LogP contribution in [0.3, 0.4) is 0 Å². The minimum atomic E-state index is -4.47. The number of carbonyl (C=O) groups excluding carboxylic acids is 1. The molecular formula is C23H25F4N5O3S. The topological polar surface area (TPSA) is 101 Å². The molecule has 13 heteroatoms. The van der Waals surface area contributed by atoms with Crippen molar-refractivity contribution in [1.82, 2.24) is 20.8 Å². The minimum absolute atomic E-state index is 0.00483. The average molecular weight is 528 g/mol. The quantitative estimate of drug-likeness (QED) is 0.362. The molecule has 1 aliphatic carbocycles. The van der Waals surface area contributed by atoms with Crippen LogP contribution in [-0.2, 0) is 17.7 Å². The fourth-order valence-corrected chi connectivity index (χ4v) is 5.34. The zero-order chi connectivity index (χ0) is 25.3. The van der Waals surface area contributed by atoms with Gasteiger partial charge in [0.2, 0.25) is 11.7 Å². The molecule has 0 spiro atoms. The minimum Gasteiger partial charge on any atom is -0.449 e. The number of carbonyl (C=O) groups is 1. The van der Waals surface area contributed by atoms with E-state index < -0.39 is 30.9 Å². The molecule has 1 aromatic carbocycles. The summed E-state index contributed by atoms with van der Waals surface area (Å²) in [5.41, 5.74) is 0.586. The zero-order valence-electron chi connectivity index (χ0n) is 19.2. The lowest BCUT2D eigenvalue weighted by atomic mass is 10.0. The first-order valence-electron chi connectivity index (χ1n) is 11.7. The molecule has 0 unspecified atom stereocenters. The molecule has 1 aliphatic heterocycles. The van der Waals surface area contributed by atoms with E-state index in [1.54, 1.807) is 18.2 Å². The number of rotatable bonds is 8. The maximum atomic E-state index is 14.4. The van der Waals surface area contributed by atoms with E-state index in [9.17, 15) is 22.4 Å². The molecule has 194 valence electrons. The van der Waals surface area contributed by atoms with Crippen molar-refractivity contribution in [1.29, 1.82) is 0 Å². The fourth-order valence-electron chi connectivity index (χ4n) is 4.12. The van der Waals surface area contributed by atoms with Gasteiger partial charge >= 0.3 is 12.3 Å². The van der Waals surface area contributed by atoms with Crippen molar-refractivity contribution in [2.45, 2.75) is 50.6 Å². The Morgan fingerprint density at radius 3 is 2.86 bits per heavy atom. The van der Waals surface area contributed by atoms with Crippen LogP contribution >= 0.6 is 11.3 Å². The summed E-state index contributed by atoms with van der Waals surface area (Å²) in [6, 6.07) is 4.54. The van der Waals surface area contributed by atoms with Crippen molar-refractivity contribution in [2.75, 3.05) is 25.0 Å². The van der Waals surface area contributed by atoms with Crippen LogP contribution in [0, 0.1) is 5.92 Å². The largest absolute Gasteiger partial charge is 0.449 e. The monoisotopic (exact) mass is 527 g/mol. The summed E-state index contributed by atoms with van der Waals surface area (Å²) in [4.78, 5) is 16.2. The summed E-state index contributed by atoms with van der Waals surface area (Å²) in [7, 11) is 0. The number of halogens is 4. The predicted octanol–water partition coefficient (Wildman–Crippen LogP) is 4.80. The van der Waals surface area contributed by atoms with Crippen LogP contribution in [0.2, 0.25) is 0 Å². The number of piperidine rings is 1. The number of amides is 1. The highest BCUT2D eigenvalue weighted by Crippen LogP contribution is 2.43. The molecule has 1 saturated carbocycles. The van der Waals surface area contributed by atoms with Crippen molar-refractivity contribution < 1.29 is 31.6 Å². The molecule has 5 rings (SSSR count). The molecule has 3 aromatic rings. The summed E-state index contributed by atoms with van der Waals surface area (Å²) in [6.07, 6.45) is -4.76. The van der Waals surface area contributed by atoms with E-state index in [-0.39, 0.29) is 35.2 Å². The van der Waals surface area contributed by atoms with E-state index in [0.29, 0.717) is 41.3 Å². The summed E-state index contributed by atoms with van der Waals surface area (Å²) in [5.74, 6) is 0.447. The number of nitrogens with one attached hydrogen (secondary N) is 3. The number of anilines is 1. The Hall–Kier alpha value is -2.93. The molecule has 2 aromatic heterocycles. The van der Waals surface area contributed by atoms with Gasteiger partial charge in [0.15, 0.2) is 0 Å². The van der Waals surface area contributed by atoms with Crippen molar-refractivity contribution >= 4 is 33.2 Å². The van der Waals surface area contributed by atoms with E-state index in [2.05, 4.69) is 26.1 Å². The maximum absolute atomic E-state index is 14.4. The number of fused-ring (bicyclic) bond motifs is 1. The second-order valence-electron chi connectivity index (χ2n) is 9.05. The lowest BCUT2D eigenvalue weighted by Crippen LogP contribution is -2.45. The summed E-state index contributed by atoms with van der Waals surface area (Å²) >= 11 is 1.09. The maximum Gasteiger partial charge on any atom is 0.407 e. The highest BCUT2D eigenvalue weighted by atomic mass is 32.1. The van der Waals surface area contributed by atoms with Gasteiger partial charge in [-0.1, -0.05) is 17.3 Å². The SMILES string of the molecule is O=C(NCc1nc(-c2sc3c(N[C@@H]4CCNC[C@@H]4F)cccc3c2CC(F)(F)F)no1)OCC1CC1. The molecule has 36 heavy (non-hydrogen) atoms. The Bertz CT molecular complexity index is 1230. The Morgan fingerprint density at radius 2 is 2.11 bits per heavy atom. The number of ether oxygens (including phenoxy) is 1. The molecule has 1 amide bonds. The number of alkyl carbamates (subject to hydrolysis) is 1. The van der Waals surface area contributed by atoms with Gasteiger partial charge in [0, 0.05) is 6.54 Å². The number of aromatic nitrogens is 2. The molecule has 2 aliphatic rings. The van der Waals surface area contributed by atoms with E-state index in [4.69, 9.17) is 9.26 Å². The Morgan fingerprint density at radius 1 is 1.28 bits per heavy atom. The zero-order valence-corrected chi connectivity index (χ0v) is 20.0. The number of thiophene rings is 1. The van der Waals surface area contributed by atoms with Gasteiger partial charge in [0.25, 0.3) is 0 Å². The fraction of sp³-hybridized carbons (Fsp3) is 0.522. The van der Waals surface area contributed by atoms with Crippen LogP contribution < -0.4 is 16.0 Å². The van der Waals surface area contributed by atoms with Gasteiger partial charge in [-0.05, 0) is 48.7 Å². The van der Waals surface area contributed by atoms with Crippen LogP contribution in [0.15, 0.2) is 22.7 Å². The van der Waals surface area contributed by atoms with Crippen LogP contribution in [-0.4, -0.2) is 54.3 Å². The molecular weight excluding hydrogens is 502 g/mol. The summed E-state index contributed by atoms with van der Waals surface area (Å²) in [5, 5.41) is 12.9. The van der Waals surface area contributed by atoms with Gasteiger partial charge in [-0.2, -0.15) is 18.2 Å². The molecule has 1 saturated heterocycles. The number of hydrogen-bond acceptors (Lipinski definition) is 8. The van der Waals surface area contributed by atoms with Crippen molar-refractivity contribution in [3.8, 4) is 10.7 Å². The highest BCUT2D eigenvalue weighted by molar-refractivity contribution is 7.23. The molecule has 2 fully saturated rings. The molecule has 0 radical (unpaired) electrons. The predicted molar refractivity (Wildman–Crippen MR) is 126 cm³/mol. The normalized spacial score (nSPS) is 20.4. The van der Waals surface area contributed by atoms with Crippen molar-refractivity contribution in [3.05, 3.63) is 29.7 Å². The first-order valence-corrected chi connectivity index (χ1v) is 12.5. The lowest BCUT2D eigenvalue weighted by molar-refractivity contribution is -0.126. The number of nitrogens with zero attached hydrogens (tertiary/aromatic N) is 2. The van der Waals surface area contributed by atoms with Crippen LogP contribution in [0.4, 0.5) is 28.0 Å². The smallest absolute Gasteiger partial charge is 0.407 e. The third-order valence-corrected chi connectivity index (χ3v) is 7.42. The third-order valence-electron chi connectivity index (χ3n) is 6.15. The molecule has 2 atom stereocenters. The Labute approximate surface area is 207 Å². The number of alkyl halides is 4. The van der Waals surface area contributed by atoms with E-state index in [1.807, 2.05) is 0 Å². The second kappa shape index (κ2) is 10.2. The van der Waals surface area contributed by atoms with E-state index >= 15 is 0 Å². The van der Waals surface area contributed by atoms with Crippen molar-refractivity contribution in [2.24, 2.45) is 5.92 Å². The first kappa shape index (κ1) is 24.8. The van der Waals surface area contributed by atoms with E-state index in [0.717, 1.165) is 24.2 Å². The van der Waals surface area contributed by atoms with Gasteiger partial charge in [-0.15, -0.1) is 11.3 Å². The average Bonchev–Trinajstić information content (AvgIpc) is 3.43. The first-order chi connectivity index (χ1) is 17.3. The molecule has 0 bridgehead atoms. The standard InChI is InChI=1S/C23H25F4N5O3S/c24-15-9-28-7-6-16(15)30-17-3-1-2-13-14(8-23(25,26)27)20(36-19(13)17)21-31-18(35-32-21)10-29-22(33)34-11-12-4-5-12/h1-3,12,15-16,28,30H,4-11H2,(H,29,33)/t15-,16+/m0/s1. The van der Waals surface area contributed by atoms with Gasteiger partial charge in [-0.3, -0.25) is 0 Å². The number of hydrogen-bond donors (Lipinski definition) is 3. The molecule has 8 nitrogen and oxygen atoms in total. The number of benzene rings is 1. The van der Waals surface area contributed by atoms with Gasteiger partial charge < -0.3 is 25.2 Å². The van der Waals surface area contributed by atoms with Crippen LogP contribution in [0.25, 0.3) is 20.8 Å². The van der Waals surface area contributed by atoms with Crippen LogP contribution in [0.5, 0.6) is 0 Å². The van der Waals surface area contributed by atoms with Gasteiger partial charge in [0.05, 0.1) is 34.3 Å². The van der Waals surface area contributed by atoms with Gasteiger partial charge in [-0.25, -0.2) is 9.18 Å². The Balaban J connectivity index is 1.40. The van der Waals surface area contributed by atoms with E-state index in [1.165, 1.54) is 0 Å². The summed E-state index contributed by atoms with van der Waals surface area (Å²) < 4.78 is 65.8. The highest BCUT2D eigenvalue weighted by Gasteiger charge is 2.33. The third kappa shape index (κ3) is 5.89. The lowest BCUT2D eigenvalue weighted by Gasteiger charge is -2.28. The van der Waals surface area contributed by atoms with Crippen LogP contribution in [0.1, 0.15) is 30.7 Å². The Kier molecular flexibility index (Phi) is 7.02. The summed E-state index contributed by atoms with van der Waals surface area (Å²) in [6.45, 7) is 1.10. The second-order valence-corrected chi connectivity index (χ2v) is 10.1. The van der Waals surface area contributed by atoms with Crippen molar-refractivity contribution in [3.63, 3.8) is 0 Å². The van der Waals surface area contributed by atoms with Gasteiger partial charge in [0.1, 0.15) is 12.7 Å². The molecule has 3 heterocycles. The molecule has 3 N–H and O–H groups in total.